The highest BCUT2D eigenvalue weighted by Gasteiger charge is 2.20. The molecule has 1 aromatic rings. The van der Waals surface area contributed by atoms with Crippen molar-refractivity contribution in [1.29, 1.82) is 0 Å². The second-order valence-corrected chi connectivity index (χ2v) is 7.73. The van der Waals surface area contributed by atoms with Crippen molar-refractivity contribution in [3.8, 4) is 0 Å². The van der Waals surface area contributed by atoms with Gasteiger partial charge in [-0.05, 0) is 30.9 Å². The average Bonchev–Trinajstić information content (AvgIpc) is 3.14. The van der Waals surface area contributed by atoms with E-state index in [1.165, 1.54) is 5.56 Å². The molecule has 1 aliphatic heterocycles. The molecule has 176 valence electrons. The molecule has 0 aromatic heterocycles. The van der Waals surface area contributed by atoms with E-state index in [4.69, 9.17) is 9.73 Å². The van der Waals surface area contributed by atoms with Gasteiger partial charge in [-0.25, -0.2) is 4.99 Å². The molecule has 2 rings (SSSR count). The summed E-state index contributed by atoms with van der Waals surface area (Å²) in [5, 5.41) is 16.2. The van der Waals surface area contributed by atoms with Crippen molar-refractivity contribution in [2.24, 2.45) is 4.99 Å². The molecule has 1 unspecified atom stereocenters. The molecular weight excluding hydrogens is 509 g/mol. The molecule has 3 N–H and O–H groups in total. The summed E-state index contributed by atoms with van der Waals surface area (Å²) in [6, 6.07) is 8.26. The number of hydrogen-bond donors (Lipinski definition) is 3. The number of aliphatic imine (C=N–C) groups is 1. The highest BCUT2D eigenvalue weighted by molar-refractivity contribution is 14.0. The minimum Gasteiger partial charge on any atom is -0.392 e. The number of aliphatic hydroxyl groups is 1. The molecule has 1 atom stereocenters. The van der Waals surface area contributed by atoms with E-state index in [1.807, 2.05) is 19.1 Å². The van der Waals surface area contributed by atoms with Gasteiger partial charge in [0.15, 0.2) is 5.96 Å². The number of halogens is 1. The summed E-state index contributed by atoms with van der Waals surface area (Å²) >= 11 is 0. The third-order valence-electron chi connectivity index (χ3n) is 5.04. The molecular formula is C22H38IN5O3. The standard InChI is InChI=1S/C22H37N5O3.HI/c1-4-30-13-7-11-23-22(25-15-21(29)26(2)3)24-14-18-8-5-6-9-19(18)16-27-12-10-20(28)17-27;/h5-6,8-9,20,28H,4,7,10-17H2,1-3H3,(H2,23,24,25);1H. The van der Waals surface area contributed by atoms with Crippen LogP contribution in [0.2, 0.25) is 0 Å². The van der Waals surface area contributed by atoms with Crippen LogP contribution in [0, 0.1) is 0 Å². The summed E-state index contributed by atoms with van der Waals surface area (Å²) in [4.78, 5) is 20.5. The van der Waals surface area contributed by atoms with Gasteiger partial charge in [-0.1, -0.05) is 24.3 Å². The lowest BCUT2D eigenvalue weighted by Crippen LogP contribution is -2.43. The lowest BCUT2D eigenvalue weighted by Gasteiger charge is -2.18. The van der Waals surface area contributed by atoms with E-state index in [0.29, 0.717) is 25.7 Å². The second-order valence-electron chi connectivity index (χ2n) is 7.73. The summed E-state index contributed by atoms with van der Waals surface area (Å²) in [5.74, 6) is 0.611. The highest BCUT2D eigenvalue weighted by Crippen LogP contribution is 2.17. The maximum absolute atomic E-state index is 11.9. The van der Waals surface area contributed by atoms with E-state index in [2.05, 4.69) is 27.7 Å². The molecule has 9 heteroatoms. The molecule has 0 aliphatic carbocycles. The number of hydrogen-bond acceptors (Lipinski definition) is 5. The van der Waals surface area contributed by atoms with E-state index in [9.17, 15) is 9.90 Å². The number of carbonyl (C=O) groups excluding carboxylic acids is 1. The number of nitrogens with zero attached hydrogens (tertiary/aromatic N) is 3. The number of aliphatic hydroxyl groups excluding tert-OH is 1. The van der Waals surface area contributed by atoms with E-state index in [0.717, 1.165) is 44.6 Å². The summed E-state index contributed by atoms with van der Waals surface area (Å²) in [5.41, 5.74) is 2.36. The number of carbonyl (C=O) groups is 1. The molecule has 0 saturated carbocycles. The number of likely N-dealkylation sites (tertiary alicyclic amines) is 1. The summed E-state index contributed by atoms with van der Waals surface area (Å²) in [6.45, 7) is 7.26. The Hall–Kier alpha value is -1.43. The Labute approximate surface area is 203 Å². The Morgan fingerprint density at radius 2 is 2.03 bits per heavy atom. The molecule has 1 amide bonds. The monoisotopic (exact) mass is 547 g/mol. The topological polar surface area (TPSA) is 89.4 Å². The SMILES string of the molecule is CCOCCCNC(=NCc1ccccc1CN1CCC(O)C1)NCC(=O)N(C)C.I. The Kier molecular flexibility index (Phi) is 13.7. The van der Waals surface area contributed by atoms with Crippen molar-refractivity contribution in [3.63, 3.8) is 0 Å². The van der Waals surface area contributed by atoms with E-state index in [-0.39, 0.29) is 42.5 Å². The summed E-state index contributed by atoms with van der Waals surface area (Å²) < 4.78 is 5.38. The highest BCUT2D eigenvalue weighted by atomic mass is 127. The van der Waals surface area contributed by atoms with E-state index in [1.54, 1.807) is 19.0 Å². The number of guanidine groups is 1. The molecule has 0 radical (unpaired) electrons. The normalized spacial score (nSPS) is 16.6. The number of rotatable bonds is 11. The number of benzene rings is 1. The largest absolute Gasteiger partial charge is 0.392 e. The molecule has 1 heterocycles. The second kappa shape index (κ2) is 15.4. The minimum absolute atomic E-state index is 0. The third-order valence-corrected chi connectivity index (χ3v) is 5.04. The van der Waals surface area contributed by atoms with Crippen molar-refractivity contribution >= 4 is 35.8 Å². The van der Waals surface area contributed by atoms with Crippen LogP contribution in [-0.4, -0.2) is 86.4 Å². The van der Waals surface area contributed by atoms with Crippen LogP contribution in [-0.2, 0) is 22.6 Å². The number of likely N-dealkylation sites (N-methyl/N-ethyl adjacent to an activating group) is 1. The molecule has 1 aromatic carbocycles. The van der Waals surface area contributed by atoms with Crippen molar-refractivity contribution in [1.82, 2.24) is 20.4 Å². The van der Waals surface area contributed by atoms with Crippen molar-refractivity contribution in [2.45, 2.75) is 39.0 Å². The van der Waals surface area contributed by atoms with Gasteiger partial charge in [-0.2, -0.15) is 0 Å². The van der Waals surface area contributed by atoms with Crippen molar-refractivity contribution < 1.29 is 14.6 Å². The first-order valence-corrected chi connectivity index (χ1v) is 10.8. The van der Waals surface area contributed by atoms with Gasteiger partial charge in [0.05, 0.1) is 19.2 Å². The zero-order valence-electron chi connectivity index (χ0n) is 19.0. The van der Waals surface area contributed by atoms with Gasteiger partial charge in [-0.3, -0.25) is 9.69 Å². The number of ether oxygens (including phenoxy) is 1. The van der Waals surface area contributed by atoms with Crippen molar-refractivity contribution in [2.75, 3.05) is 53.5 Å². The van der Waals surface area contributed by atoms with E-state index >= 15 is 0 Å². The van der Waals surface area contributed by atoms with Gasteiger partial charge in [0.25, 0.3) is 0 Å². The van der Waals surface area contributed by atoms with Gasteiger partial charge in [0.1, 0.15) is 0 Å². The Bertz CT molecular complexity index is 687. The maximum Gasteiger partial charge on any atom is 0.241 e. The van der Waals surface area contributed by atoms with Crippen molar-refractivity contribution in [3.05, 3.63) is 35.4 Å². The van der Waals surface area contributed by atoms with Crippen LogP contribution in [0.4, 0.5) is 0 Å². The van der Waals surface area contributed by atoms with Gasteiger partial charge in [0, 0.05) is 53.5 Å². The first-order chi connectivity index (χ1) is 14.5. The van der Waals surface area contributed by atoms with Gasteiger partial charge < -0.3 is 25.4 Å². The van der Waals surface area contributed by atoms with Crippen LogP contribution >= 0.6 is 24.0 Å². The Balaban J connectivity index is 0.00000480. The van der Waals surface area contributed by atoms with Crippen LogP contribution in [0.15, 0.2) is 29.3 Å². The quantitative estimate of drug-likeness (QED) is 0.168. The predicted molar refractivity (Wildman–Crippen MR) is 135 cm³/mol. The molecule has 1 fully saturated rings. The maximum atomic E-state index is 11.9. The predicted octanol–water partition coefficient (Wildman–Crippen LogP) is 1.42. The fraction of sp³-hybridized carbons (Fsp3) is 0.636. The lowest BCUT2D eigenvalue weighted by atomic mass is 10.1. The van der Waals surface area contributed by atoms with Gasteiger partial charge in [0.2, 0.25) is 5.91 Å². The van der Waals surface area contributed by atoms with Crippen LogP contribution in [0.1, 0.15) is 30.9 Å². The number of amides is 1. The zero-order valence-corrected chi connectivity index (χ0v) is 21.3. The molecule has 8 nitrogen and oxygen atoms in total. The molecule has 31 heavy (non-hydrogen) atoms. The van der Waals surface area contributed by atoms with E-state index < -0.39 is 0 Å². The van der Waals surface area contributed by atoms with Crippen LogP contribution in [0.3, 0.4) is 0 Å². The fourth-order valence-electron chi connectivity index (χ4n) is 3.24. The summed E-state index contributed by atoms with van der Waals surface area (Å²) in [7, 11) is 3.48. The lowest BCUT2D eigenvalue weighted by molar-refractivity contribution is -0.127. The summed E-state index contributed by atoms with van der Waals surface area (Å²) in [6.07, 6.45) is 1.48. The first kappa shape index (κ1) is 27.6. The number of nitrogens with one attached hydrogen (secondary N) is 2. The van der Waals surface area contributed by atoms with Gasteiger partial charge >= 0.3 is 0 Å². The number of β-amino-alcohol motifs (C(OH)–C–C–N with tert-alkyl or cyclic N) is 1. The minimum atomic E-state index is -0.221. The Morgan fingerprint density at radius 3 is 2.68 bits per heavy atom. The van der Waals surface area contributed by atoms with Crippen LogP contribution < -0.4 is 10.6 Å². The Morgan fingerprint density at radius 1 is 1.29 bits per heavy atom. The molecule has 0 spiro atoms. The fourth-order valence-corrected chi connectivity index (χ4v) is 3.24. The molecule has 1 saturated heterocycles. The third kappa shape index (κ3) is 10.6. The zero-order chi connectivity index (χ0) is 21.8. The molecule has 0 bridgehead atoms. The van der Waals surface area contributed by atoms with Crippen LogP contribution in [0.5, 0.6) is 0 Å². The van der Waals surface area contributed by atoms with Gasteiger partial charge in [-0.15, -0.1) is 24.0 Å². The smallest absolute Gasteiger partial charge is 0.241 e. The first-order valence-electron chi connectivity index (χ1n) is 10.8. The average molecular weight is 547 g/mol. The molecule has 1 aliphatic rings. The van der Waals surface area contributed by atoms with Crippen LogP contribution in [0.25, 0.3) is 0 Å².